The number of rotatable bonds is 8. The lowest BCUT2D eigenvalue weighted by Gasteiger charge is -2.17. The number of nitrogens with zero attached hydrogens (tertiary/aromatic N) is 1. The third-order valence-corrected chi connectivity index (χ3v) is 3.49. The van der Waals surface area contributed by atoms with Gasteiger partial charge in [0.05, 0.1) is 32.3 Å². The van der Waals surface area contributed by atoms with Gasteiger partial charge in [-0.15, -0.1) is 0 Å². The normalized spacial score (nSPS) is 12.0. The van der Waals surface area contributed by atoms with Gasteiger partial charge in [-0.2, -0.15) is 5.26 Å². The fourth-order valence-electron chi connectivity index (χ4n) is 1.95. The Balaban J connectivity index is 2.86. The number of hydrogen-bond acceptors (Lipinski definition) is 4. The highest BCUT2D eigenvalue weighted by Gasteiger charge is 2.13. The van der Waals surface area contributed by atoms with Crippen molar-refractivity contribution in [2.75, 3.05) is 13.7 Å². The second-order valence-electron chi connectivity index (χ2n) is 4.78. The first kappa shape index (κ1) is 16.3. The summed E-state index contributed by atoms with van der Waals surface area (Å²) >= 11 is 0. The fourth-order valence-corrected chi connectivity index (χ4v) is 1.95. The predicted octanol–water partition coefficient (Wildman–Crippen LogP) is 3.46. The van der Waals surface area contributed by atoms with Crippen LogP contribution in [0.3, 0.4) is 0 Å². The monoisotopic (exact) mass is 277 g/mol. The Hall–Kier alpha value is -1.73. The Morgan fingerprint density at radius 3 is 2.50 bits per heavy atom. The van der Waals surface area contributed by atoms with Gasteiger partial charge in [0.1, 0.15) is 0 Å². The molecule has 1 unspecified atom stereocenters. The van der Waals surface area contributed by atoms with Crippen molar-refractivity contribution in [2.24, 2.45) is 5.92 Å². The lowest BCUT2D eigenvalue weighted by atomic mass is 10.0. The number of methoxy groups -OCH3 is 1. The molecule has 0 amide bonds. The molecule has 0 aliphatic rings. The van der Waals surface area contributed by atoms with Crippen LogP contribution in [0.2, 0.25) is 0 Å². The summed E-state index contributed by atoms with van der Waals surface area (Å²) in [6.45, 7) is 4.91. The van der Waals surface area contributed by atoms with Crippen LogP contribution in [0.25, 0.3) is 0 Å². The largest absolute Gasteiger partial charge is 0.493 e. The molecule has 1 aromatic carbocycles. The van der Waals surface area contributed by atoms with Crippen molar-refractivity contribution in [3.63, 3.8) is 0 Å². The van der Waals surface area contributed by atoms with Gasteiger partial charge in [0.15, 0.2) is 11.5 Å². The molecule has 0 aromatic heterocycles. The van der Waals surface area contributed by atoms with E-state index in [1.807, 2.05) is 6.07 Å². The topological polar surface area (TPSA) is 62.5 Å². The first-order valence-electron chi connectivity index (χ1n) is 7.01. The van der Waals surface area contributed by atoms with Crippen molar-refractivity contribution >= 4 is 0 Å². The molecule has 0 saturated heterocycles. The maximum atomic E-state index is 9.86. The van der Waals surface area contributed by atoms with Gasteiger partial charge in [0.2, 0.25) is 0 Å². The van der Waals surface area contributed by atoms with Crippen LogP contribution in [0.1, 0.15) is 44.8 Å². The van der Waals surface area contributed by atoms with E-state index in [4.69, 9.17) is 14.7 Å². The number of hydrogen-bond donors (Lipinski definition) is 1. The Kier molecular flexibility index (Phi) is 6.89. The van der Waals surface area contributed by atoms with Gasteiger partial charge < -0.3 is 14.6 Å². The standard InChI is InChI=1S/C16H23NO3/c1-4-12(5-2)11-20-16-10-13(14(18)8-9-17)6-7-15(16)19-3/h6-7,10,12,14,18H,4-5,8,11H2,1-3H3. The van der Waals surface area contributed by atoms with Gasteiger partial charge >= 0.3 is 0 Å². The van der Waals surface area contributed by atoms with E-state index >= 15 is 0 Å². The van der Waals surface area contributed by atoms with E-state index in [2.05, 4.69) is 13.8 Å². The fraction of sp³-hybridized carbons (Fsp3) is 0.562. The molecule has 1 rings (SSSR count). The molecule has 1 atom stereocenters. The molecule has 0 saturated carbocycles. The number of aliphatic hydroxyl groups excluding tert-OH is 1. The van der Waals surface area contributed by atoms with Gasteiger partial charge in [-0.25, -0.2) is 0 Å². The van der Waals surface area contributed by atoms with Gasteiger partial charge in [0, 0.05) is 0 Å². The minimum Gasteiger partial charge on any atom is -0.493 e. The molecule has 0 bridgehead atoms. The van der Waals surface area contributed by atoms with Crippen molar-refractivity contribution in [3.8, 4) is 17.6 Å². The number of ether oxygens (including phenoxy) is 2. The Morgan fingerprint density at radius 2 is 1.95 bits per heavy atom. The molecule has 4 nitrogen and oxygen atoms in total. The van der Waals surface area contributed by atoms with Crippen LogP contribution in [-0.2, 0) is 0 Å². The number of benzene rings is 1. The molecular weight excluding hydrogens is 254 g/mol. The van der Waals surface area contributed by atoms with Crippen molar-refractivity contribution in [1.29, 1.82) is 5.26 Å². The van der Waals surface area contributed by atoms with Crippen LogP contribution >= 0.6 is 0 Å². The molecule has 0 fully saturated rings. The summed E-state index contributed by atoms with van der Waals surface area (Å²) in [5.74, 6) is 1.77. The second-order valence-corrected chi connectivity index (χ2v) is 4.78. The highest BCUT2D eigenvalue weighted by atomic mass is 16.5. The van der Waals surface area contributed by atoms with E-state index in [1.54, 1.807) is 25.3 Å². The molecule has 0 radical (unpaired) electrons. The van der Waals surface area contributed by atoms with Crippen LogP contribution in [0.5, 0.6) is 11.5 Å². The van der Waals surface area contributed by atoms with Gasteiger partial charge in [-0.05, 0) is 23.6 Å². The SMILES string of the molecule is CCC(CC)COc1cc(C(O)CC#N)ccc1OC. The molecule has 0 aliphatic heterocycles. The van der Waals surface area contributed by atoms with Crippen LogP contribution in [0.15, 0.2) is 18.2 Å². The molecule has 1 N–H and O–H groups in total. The van der Waals surface area contributed by atoms with Gasteiger partial charge in [-0.3, -0.25) is 0 Å². The van der Waals surface area contributed by atoms with E-state index in [0.717, 1.165) is 12.8 Å². The van der Waals surface area contributed by atoms with E-state index < -0.39 is 6.10 Å². The van der Waals surface area contributed by atoms with E-state index in [0.29, 0.717) is 29.6 Å². The Bertz CT molecular complexity index is 450. The third kappa shape index (κ3) is 4.43. The molecular formula is C16H23NO3. The first-order chi connectivity index (χ1) is 9.65. The summed E-state index contributed by atoms with van der Waals surface area (Å²) < 4.78 is 11.1. The summed E-state index contributed by atoms with van der Waals surface area (Å²) in [6.07, 6.45) is 1.41. The smallest absolute Gasteiger partial charge is 0.161 e. The maximum Gasteiger partial charge on any atom is 0.161 e. The zero-order chi connectivity index (χ0) is 15.0. The molecule has 0 spiro atoms. The van der Waals surface area contributed by atoms with Gasteiger partial charge in [0.25, 0.3) is 0 Å². The van der Waals surface area contributed by atoms with Crippen molar-refractivity contribution in [3.05, 3.63) is 23.8 Å². The summed E-state index contributed by atoms with van der Waals surface area (Å²) in [7, 11) is 1.59. The van der Waals surface area contributed by atoms with Crippen LogP contribution in [0.4, 0.5) is 0 Å². The average molecular weight is 277 g/mol. The van der Waals surface area contributed by atoms with Crippen LogP contribution < -0.4 is 9.47 Å². The lowest BCUT2D eigenvalue weighted by molar-refractivity contribution is 0.181. The molecule has 4 heteroatoms. The lowest BCUT2D eigenvalue weighted by Crippen LogP contribution is -2.11. The minimum absolute atomic E-state index is 0.0678. The molecule has 110 valence electrons. The number of aliphatic hydroxyl groups is 1. The van der Waals surface area contributed by atoms with Crippen molar-refractivity contribution in [2.45, 2.75) is 39.2 Å². The highest BCUT2D eigenvalue weighted by Crippen LogP contribution is 2.31. The summed E-state index contributed by atoms with van der Waals surface area (Å²) in [5, 5.41) is 18.5. The van der Waals surface area contributed by atoms with Crippen LogP contribution in [0, 0.1) is 17.2 Å². The molecule has 0 heterocycles. The zero-order valence-electron chi connectivity index (χ0n) is 12.4. The zero-order valence-corrected chi connectivity index (χ0v) is 12.4. The van der Waals surface area contributed by atoms with Crippen LogP contribution in [-0.4, -0.2) is 18.8 Å². The minimum atomic E-state index is -0.790. The maximum absolute atomic E-state index is 9.86. The summed E-state index contributed by atoms with van der Waals surface area (Å²) in [6, 6.07) is 7.23. The Labute approximate surface area is 120 Å². The summed E-state index contributed by atoms with van der Waals surface area (Å²) in [4.78, 5) is 0. The Morgan fingerprint density at radius 1 is 1.25 bits per heavy atom. The average Bonchev–Trinajstić information content (AvgIpc) is 2.48. The quantitative estimate of drug-likeness (QED) is 0.790. The molecule has 1 aromatic rings. The van der Waals surface area contributed by atoms with Crippen molar-refractivity contribution in [1.82, 2.24) is 0 Å². The molecule has 20 heavy (non-hydrogen) atoms. The summed E-state index contributed by atoms with van der Waals surface area (Å²) in [5.41, 5.74) is 0.673. The van der Waals surface area contributed by atoms with E-state index in [9.17, 15) is 5.11 Å². The molecule has 0 aliphatic carbocycles. The van der Waals surface area contributed by atoms with Crippen molar-refractivity contribution < 1.29 is 14.6 Å². The number of nitriles is 1. The highest BCUT2D eigenvalue weighted by molar-refractivity contribution is 5.43. The second kappa shape index (κ2) is 8.44. The third-order valence-electron chi connectivity index (χ3n) is 3.49. The van der Waals surface area contributed by atoms with E-state index in [1.165, 1.54) is 0 Å². The van der Waals surface area contributed by atoms with Gasteiger partial charge in [-0.1, -0.05) is 32.8 Å². The first-order valence-corrected chi connectivity index (χ1v) is 7.01. The predicted molar refractivity (Wildman–Crippen MR) is 77.8 cm³/mol. The van der Waals surface area contributed by atoms with E-state index in [-0.39, 0.29) is 6.42 Å².